The van der Waals surface area contributed by atoms with E-state index >= 15 is 0 Å². The average molecular weight is 309 g/mol. The number of nitrogens with zero attached hydrogens (tertiary/aromatic N) is 1. The topological polar surface area (TPSA) is 38.8 Å². The van der Waals surface area contributed by atoms with E-state index in [0.29, 0.717) is 19.1 Å². The third-order valence-corrected chi connectivity index (χ3v) is 4.61. The molecular weight excluding hydrogens is 290 g/mol. The van der Waals surface area contributed by atoms with Gasteiger partial charge in [-0.3, -0.25) is 4.79 Å². The molecule has 1 fully saturated rings. The smallest absolute Gasteiger partial charge is 0.231 e. The van der Waals surface area contributed by atoms with Crippen LogP contribution in [0.4, 0.5) is 0 Å². The molecule has 2 aliphatic heterocycles. The molecule has 0 unspecified atom stereocenters. The Morgan fingerprint density at radius 3 is 2.78 bits per heavy atom. The first-order valence-corrected chi connectivity index (χ1v) is 8.01. The van der Waals surface area contributed by atoms with Crippen LogP contribution in [-0.2, 0) is 11.2 Å². The summed E-state index contributed by atoms with van der Waals surface area (Å²) in [5.74, 6) is 2.21. The van der Waals surface area contributed by atoms with Crippen LogP contribution in [0.1, 0.15) is 23.5 Å². The molecule has 0 saturated carbocycles. The maximum Gasteiger partial charge on any atom is 0.231 e. The summed E-state index contributed by atoms with van der Waals surface area (Å²) in [4.78, 5) is 14.4. The second kappa shape index (κ2) is 5.95. The van der Waals surface area contributed by atoms with Gasteiger partial charge >= 0.3 is 0 Å². The molecule has 0 N–H and O–H groups in total. The van der Waals surface area contributed by atoms with E-state index in [0.717, 1.165) is 36.6 Å². The molecule has 4 nitrogen and oxygen atoms in total. The van der Waals surface area contributed by atoms with E-state index in [4.69, 9.17) is 9.47 Å². The molecule has 2 aliphatic rings. The minimum Gasteiger partial charge on any atom is -0.454 e. The number of likely N-dealkylation sites (tertiary alicyclic amines) is 1. The lowest BCUT2D eigenvalue weighted by Crippen LogP contribution is -2.29. The number of hydrogen-bond donors (Lipinski definition) is 0. The highest BCUT2D eigenvalue weighted by Crippen LogP contribution is 2.37. The van der Waals surface area contributed by atoms with Crippen molar-refractivity contribution in [3.63, 3.8) is 0 Å². The molecule has 4 rings (SSSR count). The van der Waals surface area contributed by atoms with E-state index < -0.39 is 0 Å². The highest BCUT2D eigenvalue weighted by Gasteiger charge is 2.28. The number of fused-ring (bicyclic) bond motifs is 1. The molecule has 1 atom stereocenters. The van der Waals surface area contributed by atoms with Gasteiger partial charge in [0, 0.05) is 19.0 Å². The fraction of sp³-hybridized carbons (Fsp3) is 0.316. The number of hydrogen-bond acceptors (Lipinski definition) is 3. The Morgan fingerprint density at radius 1 is 1.09 bits per heavy atom. The van der Waals surface area contributed by atoms with Crippen LogP contribution in [0.25, 0.3) is 0 Å². The minimum atomic E-state index is 0.208. The van der Waals surface area contributed by atoms with Gasteiger partial charge in [-0.05, 0) is 29.7 Å². The molecule has 4 heteroatoms. The molecule has 2 aromatic carbocycles. The summed E-state index contributed by atoms with van der Waals surface area (Å²) < 4.78 is 10.8. The summed E-state index contributed by atoms with van der Waals surface area (Å²) in [7, 11) is 0. The van der Waals surface area contributed by atoms with Gasteiger partial charge in [-0.1, -0.05) is 36.4 Å². The van der Waals surface area contributed by atoms with Crippen LogP contribution in [-0.4, -0.2) is 30.7 Å². The van der Waals surface area contributed by atoms with Gasteiger partial charge in [0.25, 0.3) is 0 Å². The number of ether oxygens (including phenoxy) is 2. The van der Waals surface area contributed by atoms with Crippen molar-refractivity contribution in [1.29, 1.82) is 0 Å². The monoisotopic (exact) mass is 309 g/mol. The zero-order valence-electron chi connectivity index (χ0n) is 12.9. The predicted molar refractivity (Wildman–Crippen MR) is 86.6 cm³/mol. The SMILES string of the molecule is O=C(Cc1ccccc1)N1CC[C@H](c2ccc3c(c2)OCO3)C1. The standard InChI is InChI=1S/C19H19NO3/c21-19(10-14-4-2-1-3-5-14)20-9-8-16(12-20)15-6-7-17-18(11-15)23-13-22-17/h1-7,11,16H,8-10,12-13H2/t16-/m0/s1. The van der Waals surface area contributed by atoms with Crippen molar-refractivity contribution in [2.45, 2.75) is 18.8 Å². The first-order valence-electron chi connectivity index (χ1n) is 8.01. The van der Waals surface area contributed by atoms with Crippen LogP contribution in [0.5, 0.6) is 11.5 Å². The molecule has 0 aromatic heterocycles. The van der Waals surface area contributed by atoms with Gasteiger partial charge in [0.15, 0.2) is 11.5 Å². The summed E-state index contributed by atoms with van der Waals surface area (Å²) in [6.45, 7) is 1.90. The molecular formula is C19H19NO3. The Hall–Kier alpha value is -2.49. The number of benzene rings is 2. The molecule has 2 heterocycles. The lowest BCUT2D eigenvalue weighted by molar-refractivity contribution is -0.129. The van der Waals surface area contributed by atoms with Crippen molar-refractivity contribution >= 4 is 5.91 Å². The molecule has 0 aliphatic carbocycles. The van der Waals surface area contributed by atoms with E-state index in [-0.39, 0.29) is 5.91 Å². The summed E-state index contributed by atoms with van der Waals surface area (Å²) in [6.07, 6.45) is 1.48. The van der Waals surface area contributed by atoms with Crippen LogP contribution in [0.15, 0.2) is 48.5 Å². The molecule has 2 aromatic rings. The second-order valence-corrected chi connectivity index (χ2v) is 6.10. The molecule has 1 amide bonds. The number of rotatable bonds is 3. The van der Waals surface area contributed by atoms with Crippen LogP contribution >= 0.6 is 0 Å². The van der Waals surface area contributed by atoms with Crippen LogP contribution in [0.3, 0.4) is 0 Å². The fourth-order valence-corrected chi connectivity index (χ4v) is 3.31. The average Bonchev–Trinajstić information content (AvgIpc) is 3.24. The number of carbonyl (C=O) groups excluding carboxylic acids is 1. The van der Waals surface area contributed by atoms with Crippen molar-refractivity contribution in [3.05, 3.63) is 59.7 Å². The Bertz CT molecular complexity index is 714. The molecule has 1 saturated heterocycles. The third-order valence-electron chi connectivity index (χ3n) is 4.61. The Morgan fingerprint density at radius 2 is 1.91 bits per heavy atom. The van der Waals surface area contributed by atoms with Gasteiger partial charge in [0.2, 0.25) is 12.7 Å². The zero-order valence-corrected chi connectivity index (χ0v) is 12.9. The molecule has 0 spiro atoms. The van der Waals surface area contributed by atoms with Gasteiger partial charge < -0.3 is 14.4 Å². The largest absolute Gasteiger partial charge is 0.454 e. The van der Waals surface area contributed by atoms with Gasteiger partial charge in [0.05, 0.1) is 6.42 Å². The molecule has 0 radical (unpaired) electrons. The second-order valence-electron chi connectivity index (χ2n) is 6.10. The van der Waals surface area contributed by atoms with Gasteiger partial charge in [-0.15, -0.1) is 0 Å². The maximum absolute atomic E-state index is 12.5. The van der Waals surface area contributed by atoms with E-state index in [1.807, 2.05) is 41.3 Å². The van der Waals surface area contributed by atoms with Crippen LogP contribution in [0.2, 0.25) is 0 Å². The van der Waals surface area contributed by atoms with Gasteiger partial charge in [0.1, 0.15) is 0 Å². The molecule has 0 bridgehead atoms. The van der Waals surface area contributed by atoms with Crippen molar-refractivity contribution < 1.29 is 14.3 Å². The highest BCUT2D eigenvalue weighted by molar-refractivity contribution is 5.79. The Balaban J connectivity index is 1.42. The fourth-order valence-electron chi connectivity index (χ4n) is 3.31. The van der Waals surface area contributed by atoms with Crippen molar-refractivity contribution in [1.82, 2.24) is 4.90 Å². The molecule has 23 heavy (non-hydrogen) atoms. The number of amides is 1. The van der Waals surface area contributed by atoms with E-state index in [9.17, 15) is 4.79 Å². The van der Waals surface area contributed by atoms with Crippen molar-refractivity contribution in [2.75, 3.05) is 19.9 Å². The summed E-state index contributed by atoms with van der Waals surface area (Å²) in [5, 5.41) is 0. The van der Waals surface area contributed by atoms with Crippen molar-refractivity contribution in [3.8, 4) is 11.5 Å². The quantitative estimate of drug-likeness (QED) is 0.875. The molecule has 118 valence electrons. The van der Waals surface area contributed by atoms with Crippen LogP contribution in [0, 0.1) is 0 Å². The predicted octanol–water partition coefficient (Wildman–Crippen LogP) is 2.97. The normalized spacial score (nSPS) is 19.1. The lowest BCUT2D eigenvalue weighted by Gasteiger charge is -2.17. The highest BCUT2D eigenvalue weighted by atomic mass is 16.7. The van der Waals surface area contributed by atoms with E-state index in [1.165, 1.54) is 5.56 Å². The number of carbonyl (C=O) groups is 1. The summed E-state index contributed by atoms with van der Waals surface area (Å²) in [5.41, 5.74) is 2.30. The minimum absolute atomic E-state index is 0.208. The van der Waals surface area contributed by atoms with E-state index in [2.05, 4.69) is 12.1 Å². The maximum atomic E-state index is 12.5. The van der Waals surface area contributed by atoms with Crippen molar-refractivity contribution in [2.24, 2.45) is 0 Å². The Labute approximate surface area is 135 Å². The van der Waals surface area contributed by atoms with Gasteiger partial charge in [-0.25, -0.2) is 0 Å². The Kier molecular flexibility index (Phi) is 3.66. The van der Waals surface area contributed by atoms with E-state index in [1.54, 1.807) is 0 Å². The van der Waals surface area contributed by atoms with Gasteiger partial charge in [-0.2, -0.15) is 0 Å². The first-order chi connectivity index (χ1) is 11.3. The lowest BCUT2D eigenvalue weighted by atomic mass is 9.98. The first kappa shape index (κ1) is 14.1. The third kappa shape index (κ3) is 2.89. The summed E-state index contributed by atoms with van der Waals surface area (Å²) >= 11 is 0. The summed E-state index contributed by atoms with van der Waals surface area (Å²) in [6, 6.07) is 16.0. The zero-order chi connectivity index (χ0) is 15.6. The van der Waals surface area contributed by atoms with Crippen LogP contribution < -0.4 is 9.47 Å².